The summed E-state index contributed by atoms with van der Waals surface area (Å²) in [6.07, 6.45) is 0.821. The Hall–Kier alpha value is -3.10. The number of carbonyl (C=O) groups is 2. The number of nitrogens with zero attached hydrogens (tertiary/aromatic N) is 3. The second-order valence-electron chi connectivity index (χ2n) is 7.86. The van der Waals surface area contributed by atoms with E-state index in [-0.39, 0.29) is 12.0 Å². The van der Waals surface area contributed by atoms with Crippen molar-refractivity contribution in [2.24, 2.45) is 0 Å². The van der Waals surface area contributed by atoms with Crippen LogP contribution in [0.2, 0.25) is 0 Å². The molecule has 1 fully saturated rings. The van der Waals surface area contributed by atoms with Crippen molar-refractivity contribution < 1.29 is 23.1 Å². The molecule has 0 radical (unpaired) electrons. The number of hydrogen-bond acceptors (Lipinski definition) is 5. The van der Waals surface area contributed by atoms with Gasteiger partial charge in [-0.2, -0.15) is 0 Å². The van der Waals surface area contributed by atoms with E-state index in [2.05, 4.69) is 15.3 Å². The van der Waals surface area contributed by atoms with Crippen molar-refractivity contribution in [2.75, 3.05) is 18.4 Å². The van der Waals surface area contributed by atoms with Gasteiger partial charge in [0.1, 0.15) is 28.7 Å². The average molecular weight is 432 g/mol. The van der Waals surface area contributed by atoms with Gasteiger partial charge in [-0.05, 0) is 52.7 Å². The van der Waals surface area contributed by atoms with Crippen LogP contribution in [-0.4, -0.2) is 46.1 Å². The van der Waals surface area contributed by atoms with Gasteiger partial charge in [0.15, 0.2) is 0 Å². The van der Waals surface area contributed by atoms with E-state index < -0.39 is 29.3 Å². The summed E-state index contributed by atoms with van der Waals surface area (Å²) < 4.78 is 33.0. The third-order valence-electron chi connectivity index (χ3n) is 5.14. The maximum Gasteiger partial charge on any atom is 0.342 e. The summed E-state index contributed by atoms with van der Waals surface area (Å²) in [6.45, 7) is 7.77. The number of rotatable bonds is 4. The minimum absolute atomic E-state index is 0.0654. The number of likely N-dealkylation sites (tertiary alicyclic amines) is 1. The highest BCUT2D eigenvalue weighted by Gasteiger charge is 2.30. The maximum atomic E-state index is 13.8. The lowest BCUT2D eigenvalue weighted by Crippen LogP contribution is -2.41. The van der Waals surface area contributed by atoms with Crippen LogP contribution in [0.1, 0.15) is 60.2 Å². The monoisotopic (exact) mass is 432 g/mol. The Kier molecular flexibility index (Phi) is 6.82. The maximum absolute atomic E-state index is 13.8. The fourth-order valence-electron chi connectivity index (χ4n) is 3.72. The number of benzene rings is 1. The number of piperidine rings is 1. The van der Waals surface area contributed by atoms with E-state index in [9.17, 15) is 18.4 Å². The molecule has 1 saturated heterocycles. The Labute approximate surface area is 179 Å². The molecule has 1 aromatic carbocycles. The summed E-state index contributed by atoms with van der Waals surface area (Å²) in [5.74, 6) is -1.63. The van der Waals surface area contributed by atoms with E-state index in [4.69, 9.17) is 4.74 Å². The summed E-state index contributed by atoms with van der Waals surface area (Å²) in [6, 6.07) is 2.83. The number of ether oxygens (including phenoxy) is 1. The number of esters is 1. The molecular formula is C22H26F2N4O3. The number of hydrogen-bond donors (Lipinski definition) is 1. The summed E-state index contributed by atoms with van der Waals surface area (Å²) in [4.78, 5) is 35.5. The van der Waals surface area contributed by atoms with Crippen molar-refractivity contribution >= 4 is 17.7 Å². The zero-order chi connectivity index (χ0) is 22.7. The zero-order valence-electron chi connectivity index (χ0n) is 18.0. The molecule has 1 N–H and O–H groups in total. The van der Waals surface area contributed by atoms with Crippen LogP contribution in [0.15, 0.2) is 18.2 Å². The summed E-state index contributed by atoms with van der Waals surface area (Å²) in [5.41, 5.74) is 1.09. The van der Waals surface area contributed by atoms with Crippen molar-refractivity contribution in [2.45, 2.75) is 52.6 Å². The third-order valence-corrected chi connectivity index (χ3v) is 5.14. The van der Waals surface area contributed by atoms with Crippen molar-refractivity contribution in [1.82, 2.24) is 14.9 Å². The standard InChI is InChI=1S/C22H26F2N4O3/c1-12(2)31-21(29)18-13(3)25-14(4)26-19(18)15-8-10-28(11-9-15)22(30)27-20-16(23)6-5-7-17(20)24/h5-7,12,15H,8-11H2,1-4H3,(H,27,30). The highest BCUT2D eigenvalue weighted by Crippen LogP contribution is 2.31. The summed E-state index contributed by atoms with van der Waals surface area (Å²) >= 11 is 0. The molecule has 1 aliphatic rings. The summed E-state index contributed by atoms with van der Waals surface area (Å²) in [5, 5.41) is 2.31. The molecule has 0 atom stereocenters. The van der Waals surface area contributed by atoms with Gasteiger partial charge in [-0.25, -0.2) is 28.3 Å². The molecule has 2 aromatic rings. The number of halogens is 2. The van der Waals surface area contributed by atoms with Gasteiger partial charge in [0.25, 0.3) is 0 Å². The van der Waals surface area contributed by atoms with Gasteiger partial charge < -0.3 is 15.0 Å². The molecule has 166 valence electrons. The molecule has 0 saturated carbocycles. The van der Waals surface area contributed by atoms with E-state index in [1.807, 2.05) is 0 Å². The molecule has 7 nitrogen and oxygen atoms in total. The first-order valence-corrected chi connectivity index (χ1v) is 10.2. The predicted octanol–water partition coefficient (Wildman–Crippen LogP) is 4.35. The molecule has 0 unspecified atom stereocenters. The molecule has 0 spiro atoms. The molecular weight excluding hydrogens is 406 g/mol. The molecule has 0 aliphatic carbocycles. The number of para-hydroxylation sites is 1. The van der Waals surface area contributed by atoms with Crippen molar-refractivity contribution in [1.29, 1.82) is 0 Å². The van der Waals surface area contributed by atoms with Crippen LogP contribution in [-0.2, 0) is 4.74 Å². The number of aryl methyl sites for hydroxylation is 2. The molecule has 1 aromatic heterocycles. The van der Waals surface area contributed by atoms with Crippen LogP contribution in [0.5, 0.6) is 0 Å². The largest absolute Gasteiger partial charge is 0.459 e. The topological polar surface area (TPSA) is 84.4 Å². The first kappa shape index (κ1) is 22.6. The lowest BCUT2D eigenvalue weighted by atomic mass is 9.90. The van der Waals surface area contributed by atoms with Crippen molar-refractivity contribution in [3.8, 4) is 0 Å². The number of anilines is 1. The van der Waals surface area contributed by atoms with Crippen LogP contribution in [0.25, 0.3) is 0 Å². The van der Waals surface area contributed by atoms with Gasteiger partial charge in [-0.15, -0.1) is 0 Å². The van der Waals surface area contributed by atoms with Gasteiger partial charge in [0.05, 0.1) is 17.5 Å². The average Bonchev–Trinajstić information content (AvgIpc) is 2.69. The molecule has 2 heterocycles. The Balaban J connectivity index is 1.73. The van der Waals surface area contributed by atoms with Gasteiger partial charge in [0, 0.05) is 19.0 Å². The van der Waals surface area contributed by atoms with E-state index in [1.54, 1.807) is 27.7 Å². The predicted molar refractivity (Wildman–Crippen MR) is 111 cm³/mol. The van der Waals surface area contributed by atoms with E-state index in [0.29, 0.717) is 48.7 Å². The Morgan fingerprint density at radius 2 is 1.74 bits per heavy atom. The third kappa shape index (κ3) is 5.15. The number of nitrogens with one attached hydrogen (secondary N) is 1. The van der Waals surface area contributed by atoms with E-state index in [0.717, 1.165) is 12.1 Å². The van der Waals surface area contributed by atoms with Gasteiger partial charge in [-0.3, -0.25) is 0 Å². The minimum atomic E-state index is -0.830. The normalized spacial score (nSPS) is 14.6. The molecule has 31 heavy (non-hydrogen) atoms. The van der Waals surface area contributed by atoms with Crippen molar-refractivity contribution in [3.05, 3.63) is 52.6 Å². The first-order valence-electron chi connectivity index (χ1n) is 10.2. The SMILES string of the molecule is Cc1nc(C)c(C(=O)OC(C)C)c(C2CCN(C(=O)Nc3c(F)cccc3F)CC2)n1. The van der Waals surface area contributed by atoms with Gasteiger partial charge in [0.2, 0.25) is 0 Å². The Bertz CT molecular complexity index is 969. The number of urea groups is 1. The Morgan fingerprint density at radius 3 is 2.32 bits per heavy atom. The van der Waals surface area contributed by atoms with Gasteiger partial charge in [-0.1, -0.05) is 6.07 Å². The molecule has 0 bridgehead atoms. The second kappa shape index (κ2) is 9.36. The molecule has 2 amide bonds. The van der Waals surface area contributed by atoms with Crippen LogP contribution in [0.3, 0.4) is 0 Å². The highest BCUT2D eigenvalue weighted by molar-refractivity contribution is 5.92. The van der Waals surface area contributed by atoms with Crippen LogP contribution < -0.4 is 5.32 Å². The molecule has 3 rings (SSSR count). The van der Waals surface area contributed by atoms with Crippen LogP contribution >= 0.6 is 0 Å². The number of aromatic nitrogens is 2. The van der Waals surface area contributed by atoms with Gasteiger partial charge >= 0.3 is 12.0 Å². The smallest absolute Gasteiger partial charge is 0.342 e. The second-order valence-corrected chi connectivity index (χ2v) is 7.86. The first-order chi connectivity index (χ1) is 14.7. The van der Waals surface area contributed by atoms with Crippen LogP contribution in [0.4, 0.5) is 19.3 Å². The quantitative estimate of drug-likeness (QED) is 0.727. The Morgan fingerprint density at radius 1 is 1.13 bits per heavy atom. The zero-order valence-corrected chi connectivity index (χ0v) is 18.0. The minimum Gasteiger partial charge on any atom is -0.459 e. The highest BCUT2D eigenvalue weighted by atomic mass is 19.1. The summed E-state index contributed by atoms with van der Waals surface area (Å²) in [7, 11) is 0. The number of amides is 2. The van der Waals surface area contributed by atoms with Crippen molar-refractivity contribution in [3.63, 3.8) is 0 Å². The molecule has 9 heteroatoms. The van der Waals surface area contributed by atoms with E-state index >= 15 is 0 Å². The lowest BCUT2D eigenvalue weighted by molar-refractivity contribution is 0.0373. The fourth-order valence-corrected chi connectivity index (χ4v) is 3.72. The van der Waals surface area contributed by atoms with E-state index in [1.165, 1.54) is 11.0 Å². The fraction of sp³-hybridized carbons (Fsp3) is 0.455. The number of carbonyl (C=O) groups excluding carboxylic acids is 2. The molecule has 1 aliphatic heterocycles. The lowest BCUT2D eigenvalue weighted by Gasteiger charge is -2.32. The van der Waals surface area contributed by atoms with Crippen LogP contribution in [0, 0.1) is 25.5 Å².